The Hall–Kier alpha value is -3.61. The average Bonchev–Trinajstić information content (AvgIpc) is 3.50. The van der Waals surface area contributed by atoms with Crippen LogP contribution in [0.4, 0.5) is 5.69 Å². The Labute approximate surface area is 199 Å². The van der Waals surface area contributed by atoms with Gasteiger partial charge in [0.1, 0.15) is 5.70 Å². The number of carbonyl (C=O) groups excluding carboxylic acids is 1. The molecule has 0 saturated heterocycles. The molecule has 5 nitrogen and oxygen atoms in total. The van der Waals surface area contributed by atoms with Gasteiger partial charge < -0.3 is 9.47 Å². The summed E-state index contributed by atoms with van der Waals surface area (Å²) in [5.41, 5.74) is 2.94. The number of nitrogens with zero attached hydrogens (tertiary/aromatic N) is 2. The summed E-state index contributed by atoms with van der Waals surface area (Å²) in [6.07, 6.45) is 1.77. The van der Waals surface area contributed by atoms with Crippen LogP contribution in [0.5, 0.6) is 11.5 Å². The molecule has 6 rings (SSSR count). The Morgan fingerprint density at radius 3 is 2.73 bits per heavy atom. The molecule has 162 valence electrons. The van der Waals surface area contributed by atoms with Crippen LogP contribution in [0.3, 0.4) is 0 Å². The number of aliphatic imine (C=N–C) groups is 1. The third-order valence-corrected chi connectivity index (χ3v) is 7.23. The number of hydrogen-bond acceptors (Lipinski definition) is 5. The Bertz CT molecular complexity index is 1500. The molecule has 0 unspecified atom stereocenters. The number of carbonyl (C=O) groups is 1. The van der Waals surface area contributed by atoms with Gasteiger partial charge in [-0.1, -0.05) is 48.0 Å². The van der Waals surface area contributed by atoms with Crippen LogP contribution in [0.15, 0.2) is 77.4 Å². The van der Waals surface area contributed by atoms with Gasteiger partial charge in [-0.15, -0.1) is 11.3 Å². The van der Waals surface area contributed by atoms with Crippen molar-refractivity contribution in [1.29, 1.82) is 0 Å². The summed E-state index contributed by atoms with van der Waals surface area (Å²) >= 11 is 8.31. The van der Waals surface area contributed by atoms with Crippen LogP contribution in [0.25, 0.3) is 16.2 Å². The van der Waals surface area contributed by atoms with E-state index >= 15 is 0 Å². The highest BCUT2D eigenvalue weighted by Gasteiger charge is 2.35. The topological polar surface area (TPSA) is 51.1 Å². The van der Waals surface area contributed by atoms with E-state index < -0.39 is 0 Å². The minimum atomic E-state index is -0.207. The number of benzene rings is 3. The molecular formula is C26H17ClN2O3S. The van der Waals surface area contributed by atoms with E-state index in [0.717, 1.165) is 31.8 Å². The molecule has 7 heteroatoms. The monoisotopic (exact) mass is 472 g/mol. The Morgan fingerprint density at radius 1 is 1.03 bits per heavy atom. The van der Waals surface area contributed by atoms with Crippen molar-refractivity contribution in [2.45, 2.75) is 6.92 Å². The quantitative estimate of drug-likeness (QED) is 0.323. The van der Waals surface area contributed by atoms with Crippen molar-refractivity contribution >= 4 is 56.5 Å². The molecule has 0 saturated carbocycles. The number of halogens is 1. The van der Waals surface area contributed by atoms with Crippen LogP contribution in [-0.4, -0.2) is 18.5 Å². The highest BCUT2D eigenvalue weighted by molar-refractivity contribution is 7.21. The van der Waals surface area contributed by atoms with Crippen LogP contribution < -0.4 is 14.4 Å². The second kappa shape index (κ2) is 7.76. The zero-order chi connectivity index (χ0) is 22.5. The van der Waals surface area contributed by atoms with E-state index in [1.54, 1.807) is 11.0 Å². The lowest BCUT2D eigenvalue weighted by molar-refractivity contribution is -0.113. The van der Waals surface area contributed by atoms with Gasteiger partial charge >= 0.3 is 0 Å². The molecule has 0 radical (unpaired) electrons. The predicted octanol–water partition coefficient (Wildman–Crippen LogP) is 6.43. The largest absolute Gasteiger partial charge is 0.454 e. The first-order valence-corrected chi connectivity index (χ1v) is 11.6. The minimum Gasteiger partial charge on any atom is -0.454 e. The van der Waals surface area contributed by atoms with Gasteiger partial charge in [-0.05, 0) is 54.5 Å². The van der Waals surface area contributed by atoms with Crippen molar-refractivity contribution in [2.24, 2.45) is 4.99 Å². The Balaban J connectivity index is 1.51. The molecule has 33 heavy (non-hydrogen) atoms. The third-order valence-electron chi connectivity index (χ3n) is 5.56. The van der Waals surface area contributed by atoms with Crippen LogP contribution in [0, 0.1) is 6.92 Å². The van der Waals surface area contributed by atoms with Gasteiger partial charge in [0, 0.05) is 10.1 Å². The number of ether oxygens (including phenoxy) is 2. The maximum absolute atomic E-state index is 13.6. The lowest BCUT2D eigenvalue weighted by Crippen LogP contribution is -2.32. The van der Waals surface area contributed by atoms with E-state index in [9.17, 15) is 4.79 Å². The van der Waals surface area contributed by atoms with Crippen LogP contribution in [0.1, 0.15) is 16.0 Å². The molecule has 1 aromatic heterocycles. The Morgan fingerprint density at radius 2 is 1.88 bits per heavy atom. The van der Waals surface area contributed by atoms with Gasteiger partial charge in [0.05, 0.1) is 15.6 Å². The molecule has 3 heterocycles. The fraction of sp³-hybridized carbons (Fsp3) is 0.0769. The molecule has 2 aliphatic rings. The number of aryl methyl sites for hydroxylation is 1. The second-order valence-corrected chi connectivity index (χ2v) is 9.23. The molecule has 4 aromatic rings. The predicted molar refractivity (Wildman–Crippen MR) is 133 cm³/mol. The number of thiophene rings is 1. The van der Waals surface area contributed by atoms with E-state index in [1.165, 1.54) is 11.3 Å². The van der Waals surface area contributed by atoms with Gasteiger partial charge in [-0.25, -0.2) is 4.99 Å². The summed E-state index contributed by atoms with van der Waals surface area (Å²) < 4.78 is 11.9. The van der Waals surface area contributed by atoms with E-state index in [-0.39, 0.29) is 12.7 Å². The zero-order valence-electron chi connectivity index (χ0n) is 17.5. The molecule has 0 fully saturated rings. The first-order valence-electron chi connectivity index (χ1n) is 10.4. The number of fused-ring (bicyclic) bond motifs is 2. The van der Waals surface area contributed by atoms with Crippen molar-refractivity contribution < 1.29 is 14.3 Å². The SMILES string of the molecule is Cc1cccc(N2C(=O)/C(=C\c3ccc4c(c3)OCO4)N=C2c2sc3ccccc3c2Cl)c1. The number of amidine groups is 1. The number of anilines is 1. The van der Waals surface area contributed by atoms with Gasteiger partial charge in [-0.3, -0.25) is 9.69 Å². The maximum atomic E-state index is 13.6. The Kier molecular flexibility index (Phi) is 4.71. The lowest BCUT2D eigenvalue weighted by atomic mass is 10.1. The van der Waals surface area contributed by atoms with Crippen molar-refractivity contribution in [2.75, 3.05) is 11.7 Å². The second-order valence-electron chi connectivity index (χ2n) is 7.80. The highest BCUT2D eigenvalue weighted by atomic mass is 35.5. The average molecular weight is 473 g/mol. The summed E-state index contributed by atoms with van der Waals surface area (Å²) in [5, 5.41) is 1.55. The van der Waals surface area contributed by atoms with Gasteiger partial charge in [0.15, 0.2) is 17.3 Å². The van der Waals surface area contributed by atoms with E-state index in [4.69, 9.17) is 26.1 Å². The van der Waals surface area contributed by atoms with Gasteiger partial charge in [0.2, 0.25) is 6.79 Å². The molecule has 2 aliphatic heterocycles. The summed E-state index contributed by atoms with van der Waals surface area (Å²) in [4.78, 5) is 20.8. The summed E-state index contributed by atoms with van der Waals surface area (Å²) in [6.45, 7) is 2.19. The molecule has 0 spiro atoms. The van der Waals surface area contributed by atoms with Crippen LogP contribution in [0.2, 0.25) is 5.02 Å². The van der Waals surface area contributed by atoms with Gasteiger partial charge in [0.25, 0.3) is 5.91 Å². The molecule has 3 aromatic carbocycles. The van der Waals surface area contributed by atoms with Crippen LogP contribution >= 0.6 is 22.9 Å². The molecule has 0 atom stereocenters. The number of amides is 1. The van der Waals surface area contributed by atoms with Crippen molar-refractivity contribution in [3.05, 3.63) is 93.5 Å². The maximum Gasteiger partial charge on any atom is 0.282 e. The highest BCUT2D eigenvalue weighted by Crippen LogP contribution is 2.40. The molecule has 0 bridgehead atoms. The summed E-state index contributed by atoms with van der Waals surface area (Å²) in [5.74, 6) is 1.67. The number of hydrogen-bond donors (Lipinski definition) is 0. The van der Waals surface area contributed by atoms with Crippen molar-refractivity contribution in [3.8, 4) is 11.5 Å². The van der Waals surface area contributed by atoms with Gasteiger partial charge in [-0.2, -0.15) is 0 Å². The van der Waals surface area contributed by atoms with Crippen LogP contribution in [-0.2, 0) is 4.79 Å². The summed E-state index contributed by atoms with van der Waals surface area (Å²) in [6, 6.07) is 21.3. The fourth-order valence-electron chi connectivity index (χ4n) is 3.99. The fourth-order valence-corrected chi connectivity index (χ4v) is 5.49. The molecule has 1 amide bonds. The molecule has 0 aliphatic carbocycles. The standard InChI is InChI=1S/C26H17ClN2O3S/c1-15-5-4-6-17(11-15)29-25(24-23(27)18-7-2-3-8-22(18)33-24)28-19(26(29)30)12-16-9-10-20-21(13-16)32-14-31-20/h2-13H,14H2,1H3/b19-12+. The smallest absolute Gasteiger partial charge is 0.282 e. The normalized spacial score (nSPS) is 16.2. The van der Waals surface area contributed by atoms with E-state index in [2.05, 4.69) is 0 Å². The third kappa shape index (κ3) is 3.39. The number of rotatable bonds is 3. The van der Waals surface area contributed by atoms with Crippen molar-refractivity contribution in [1.82, 2.24) is 0 Å². The van der Waals surface area contributed by atoms with E-state index in [0.29, 0.717) is 28.1 Å². The minimum absolute atomic E-state index is 0.197. The van der Waals surface area contributed by atoms with Crippen molar-refractivity contribution in [3.63, 3.8) is 0 Å². The first kappa shape index (κ1) is 20.0. The molecule has 0 N–H and O–H groups in total. The lowest BCUT2D eigenvalue weighted by Gasteiger charge is -2.18. The zero-order valence-corrected chi connectivity index (χ0v) is 19.1. The molecular weight excluding hydrogens is 456 g/mol. The summed E-state index contributed by atoms with van der Waals surface area (Å²) in [7, 11) is 0. The van der Waals surface area contributed by atoms with E-state index in [1.807, 2.05) is 73.7 Å². The first-order chi connectivity index (χ1) is 16.1.